The summed E-state index contributed by atoms with van der Waals surface area (Å²) in [6.07, 6.45) is 0. The van der Waals surface area contributed by atoms with Gasteiger partial charge >= 0.3 is 0 Å². The van der Waals surface area contributed by atoms with Crippen LogP contribution in [0, 0.1) is 0 Å². The van der Waals surface area contributed by atoms with Crippen LogP contribution >= 0.6 is 46.4 Å². The molecular weight excluding hydrogens is 604 g/mol. The van der Waals surface area contributed by atoms with Gasteiger partial charge in [0.25, 0.3) is 10.0 Å². The number of anilines is 1. The molecule has 0 radical (unpaired) electrons. The first kappa shape index (κ1) is 31.0. The van der Waals surface area contributed by atoms with Gasteiger partial charge < -0.3 is 10.2 Å². The van der Waals surface area contributed by atoms with E-state index >= 15 is 0 Å². The van der Waals surface area contributed by atoms with Crippen LogP contribution < -0.4 is 9.62 Å². The summed E-state index contributed by atoms with van der Waals surface area (Å²) in [6, 6.07) is 15.5. The highest BCUT2D eigenvalue weighted by molar-refractivity contribution is 7.92. The number of benzene rings is 3. The fraction of sp³-hybridized carbons (Fsp3) is 0.259. The molecule has 1 atom stereocenters. The maximum absolute atomic E-state index is 13.9. The summed E-state index contributed by atoms with van der Waals surface area (Å²) in [7, 11) is -4.24. The lowest BCUT2D eigenvalue weighted by Crippen LogP contribution is -2.52. The van der Waals surface area contributed by atoms with Crippen molar-refractivity contribution < 1.29 is 18.0 Å². The first-order valence-corrected chi connectivity index (χ1v) is 14.8. The van der Waals surface area contributed by atoms with Crippen LogP contribution in [0.3, 0.4) is 0 Å². The summed E-state index contributed by atoms with van der Waals surface area (Å²) in [4.78, 5) is 28.0. The van der Waals surface area contributed by atoms with Crippen molar-refractivity contribution >= 4 is 73.9 Å². The van der Waals surface area contributed by atoms with Crippen molar-refractivity contribution in [3.05, 3.63) is 92.4 Å². The number of halogens is 4. The van der Waals surface area contributed by atoms with Crippen molar-refractivity contribution in [1.29, 1.82) is 0 Å². The van der Waals surface area contributed by atoms with E-state index in [0.717, 1.165) is 4.31 Å². The highest BCUT2D eigenvalue weighted by Crippen LogP contribution is 2.28. The van der Waals surface area contributed by atoms with E-state index in [0.29, 0.717) is 15.6 Å². The maximum Gasteiger partial charge on any atom is 0.264 e. The second-order valence-electron chi connectivity index (χ2n) is 9.05. The van der Waals surface area contributed by atoms with Crippen LogP contribution in [-0.4, -0.2) is 43.8 Å². The lowest BCUT2D eigenvalue weighted by Gasteiger charge is -2.32. The molecule has 0 unspecified atom stereocenters. The van der Waals surface area contributed by atoms with Crippen molar-refractivity contribution in [1.82, 2.24) is 10.2 Å². The van der Waals surface area contributed by atoms with E-state index in [1.807, 2.05) is 0 Å². The molecule has 7 nitrogen and oxygen atoms in total. The van der Waals surface area contributed by atoms with E-state index in [1.54, 1.807) is 51.1 Å². The smallest absolute Gasteiger partial charge is 0.264 e. The second kappa shape index (κ2) is 13.2. The summed E-state index contributed by atoms with van der Waals surface area (Å²) < 4.78 is 28.5. The molecule has 0 aliphatic rings. The Bertz CT molecular complexity index is 1450. The van der Waals surface area contributed by atoms with Gasteiger partial charge in [0, 0.05) is 22.6 Å². The van der Waals surface area contributed by atoms with E-state index in [2.05, 4.69) is 5.32 Å². The molecule has 3 aromatic carbocycles. The minimum absolute atomic E-state index is 0.0210. The van der Waals surface area contributed by atoms with Gasteiger partial charge in [-0.2, -0.15) is 0 Å². The minimum Gasteiger partial charge on any atom is -0.352 e. The number of hydrogen-bond acceptors (Lipinski definition) is 4. The molecule has 12 heteroatoms. The van der Waals surface area contributed by atoms with Crippen LogP contribution in [-0.2, 0) is 26.2 Å². The van der Waals surface area contributed by atoms with E-state index < -0.39 is 34.4 Å². The van der Waals surface area contributed by atoms with Crippen molar-refractivity contribution in [2.75, 3.05) is 10.8 Å². The molecule has 0 aliphatic carbocycles. The van der Waals surface area contributed by atoms with Crippen LogP contribution in [0.1, 0.15) is 26.3 Å². The van der Waals surface area contributed by atoms with E-state index in [-0.39, 0.29) is 33.2 Å². The zero-order valence-electron chi connectivity index (χ0n) is 21.4. The molecule has 3 rings (SSSR count). The average Bonchev–Trinajstić information content (AvgIpc) is 2.87. The second-order valence-corrected chi connectivity index (χ2v) is 12.6. The number of rotatable bonds is 10. The van der Waals surface area contributed by atoms with Gasteiger partial charge in [0.2, 0.25) is 11.8 Å². The maximum atomic E-state index is 13.9. The summed E-state index contributed by atoms with van der Waals surface area (Å²) in [6.45, 7) is 4.55. The first-order valence-electron chi connectivity index (χ1n) is 11.9. The third-order valence-corrected chi connectivity index (χ3v) is 8.73. The number of hydrogen-bond donors (Lipinski definition) is 1. The zero-order valence-corrected chi connectivity index (χ0v) is 25.2. The zero-order chi connectivity index (χ0) is 28.9. The quantitative estimate of drug-likeness (QED) is 0.279. The fourth-order valence-corrected chi connectivity index (χ4v) is 5.75. The Kier molecular flexibility index (Phi) is 10.5. The molecular formula is C27H27Cl4N3O4S. The van der Waals surface area contributed by atoms with Crippen LogP contribution in [0.5, 0.6) is 0 Å². The summed E-state index contributed by atoms with van der Waals surface area (Å²) >= 11 is 24.4. The van der Waals surface area contributed by atoms with Gasteiger partial charge in [-0.3, -0.25) is 13.9 Å². The lowest BCUT2D eigenvalue weighted by atomic mass is 10.1. The predicted octanol–water partition coefficient (Wildman–Crippen LogP) is 6.44. The van der Waals surface area contributed by atoms with Crippen LogP contribution in [0.15, 0.2) is 71.6 Å². The highest BCUT2D eigenvalue weighted by atomic mass is 35.5. The van der Waals surface area contributed by atoms with Crippen LogP contribution in [0.25, 0.3) is 0 Å². The molecule has 0 aliphatic heterocycles. The molecule has 0 spiro atoms. The average molecular weight is 631 g/mol. The predicted molar refractivity (Wildman–Crippen MR) is 157 cm³/mol. The normalized spacial score (nSPS) is 12.2. The SMILES string of the molecule is CC(C)NC(=O)[C@H](C)N(Cc1ccc(Cl)c(Cl)c1)C(=O)CN(c1cccc(Cl)c1)S(=O)(=O)c1ccc(Cl)cc1. The number of carbonyl (C=O) groups excluding carboxylic acids is 2. The number of nitrogens with zero attached hydrogens (tertiary/aromatic N) is 2. The molecule has 3 aromatic rings. The topological polar surface area (TPSA) is 86.8 Å². The Morgan fingerprint density at radius 3 is 2.10 bits per heavy atom. The molecule has 0 bridgehead atoms. The summed E-state index contributed by atoms with van der Waals surface area (Å²) in [5.74, 6) is -1.02. The monoisotopic (exact) mass is 629 g/mol. The Hall–Kier alpha value is -2.49. The van der Waals surface area contributed by atoms with Gasteiger partial charge in [-0.15, -0.1) is 0 Å². The Balaban J connectivity index is 2.04. The van der Waals surface area contributed by atoms with E-state index in [9.17, 15) is 18.0 Å². The fourth-order valence-electron chi connectivity index (χ4n) is 3.72. The molecule has 39 heavy (non-hydrogen) atoms. The van der Waals surface area contributed by atoms with Gasteiger partial charge in [-0.25, -0.2) is 8.42 Å². The van der Waals surface area contributed by atoms with Gasteiger partial charge in [-0.05, 0) is 80.9 Å². The molecule has 208 valence electrons. The molecule has 0 saturated carbocycles. The third kappa shape index (κ3) is 8.02. The van der Waals surface area contributed by atoms with Crippen LogP contribution in [0.4, 0.5) is 5.69 Å². The van der Waals surface area contributed by atoms with Crippen molar-refractivity contribution in [2.45, 2.75) is 44.3 Å². The van der Waals surface area contributed by atoms with E-state index in [1.165, 1.54) is 41.3 Å². The Morgan fingerprint density at radius 1 is 0.846 bits per heavy atom. The van der Waals surface area contributed by atoms with Crippen LogP contribution in [0.2, 0.25) is 20.1 Å². The molecule has 0 saturated heterocycles. The van der Waals surface area contributed by atoms with Crippen molar-refractivity contribution in [2.24, 2.45) is 0 Å². The third-order valence-electron chi connectivity index (χ3n) is 5.71. The Labute approximate surface area is 248 Å². The largest absolute Gasteiger partial charge is 0.352 e. The van der Waals surface area contributed by atoms with Crippen molar-refractivity contribution in [3.8, 4) is 0 Å². The van der Waals surface area contributed by atoms with Gasteiger partial charge in [0.1, 0.15) is 12.6 Å². The molecule has 0 heterocycles. The number of carbonyl (C=O) groups is 2. The highest BCUT2D eigenvalue weighted by Gasteiger charge is 2.33. The standard InChI is InChI=1S/C27H27Cl4N3O4S/c1-17(2)32-27(36)18(3)33(15-19-7-12-24(30)25(31)13-19)26(35)16-34(22-6-4-5-21(29)14-22)39(37,38)23-10-8-20(28)9-11-23/h4-14,17-18H,15-16H2,1-3H3,(H,32,36)/t18-/m0/s1. The number of nitrogens with one attached hydrogen (secondary N) is 1. The lowest BCUT2D eigenvalue weighted by molar-refractivity contribution is -0.139. The van der Waals surface area contributed by atoms with Crippen molar-refractivity contribution in [3.63, 3.8) is 0 Å². The Morgan fingerprint density at radius 2 is 1.51 bits per heavy atom. The minimum atomic E-state index is -4.24. The van der Waals surface area contributed by atoms with Gasteiger partial charge in [0.15, 0.2) is 0 Å². The molecule has 0 aromatic heterocycles. The molecule has 1 N–H and O–H groups in total. The molecule has 0 fully saturated rings. The van der Waals surface area contributed by atoms with Gasteiger partial charge in [-0.1, -0.05) is 58.5 Å². The number of sulfonamides is 1. The summed E-state index contributed by atoms with van der Waals surface area (Å²) in [5.41, 5.74) is 0.788. The summed E-state index contributed by atoms with van der Waals surface area (Å²) in [5, 5.41) is 4.06. The first-order chi connectivity index (χ1) is 18.3. The number of amides is 2. The van der Waals surface area contributed by atoms with Gasteiger partial charge in [0.05, 0.1) is 20.6 Å². The van der Waals surface area contributed by atoms with E-state index in [4.69, 9.17) is 46.4 Å². The molecule has 2 amide bonds.